The molecule has 0 radical (unpaired) electrons. The van der Waals surface area contributed by atoms with E-state index in [-0.39, 0.29) is 0 Å². The van der Waals surface area contributed by atoms with Crippen LogP contribution in [0.1, 0.15) is 12.6 Å². The Labute approximate surface area is 110 Å². The SMILES string of the molecule is CCc1c[nH]c(=S)n1-c1ccc2ncccc2c1. The number of benzene rings is 1. The summed E-state index contributed by atoms with van der Waals surface area (Å²) >= 11 is 5.34. The first-order chi connectivity index (χ1) is 8.79. The van der Waals surface area contributed by atoms with E-state index in [1.54, 1.807) is 6.20 Å². The Hall–Kier alpha value is -1.94. The molecule has 3 nitrogen and oxygen atoms in total. The summed E-state index contributed by atoms with van der Waals surface area (Å²) in [7, 11) is 0. The highest BCUT2D eigenvalue weighted by Gasteiger charge is 2.05. The molecule has 0 aliphatic carbocycles. The Bertz CT molecular complexity index is 755. The maximum Gasteiger partial charge on any atom is 0.182 e. The number of hydrogen-bond donors (Lipinski definition) is 1. The van der Waals surface area contributed by atoms with Crippen LogP contribution in [-0.2, 0) is 6.42 Å². The molecule has 0 amide bonds. The summed E-state index contributed by atoms with van der Waals surface area (Å²) < 4.78 is 2.80. The molecule has 1 aromatic carbocycles. The topological polar surface area (TPSA) is 33.6 Å². The monoisotopic (exact) mass is 255 g/mol. The molecule has 0 bridgehead atoms. The number of aromatic nitrogens is 3. The fraction of sp³-hybridized carbons (Fsp3) is 0.143. The van der Waals surface area contributed by atoms with Crippen LogP contribution in [0.4, 0.5) is 0 Å². The minimum absolute atomic E-state index is 0.732. The van der Waals surface area contributed by atoms with Crippen LogP contribution < -0.4 is 0 Å². The van der Waals surface area contributed by atoms with Gasteiger partial charge in [-0.25, -0.2) is 0 Å². The third-order valence-corrected chi connectivity index (χ3v) is 3.36. The van der Waals surface area contributed by atoms with Gasteiger partial charge in [-0.2, -0.15) is 0 Å². The lowest BCUT2D eigenvalue weighted by molar-refractivity contribution is 0.923. The molecule has 0 fully saturated rings. The van der Waals surface area contributed by atoms with Gasteiger partial charge in [0.05, 0.1) is 5.52 Å². The van der Waals surface area contributed by atoms with Crippen LogP contribution in [0.3, 0.4) is 0 Å². The van der Waals surface area contributed by atoms with Gasteiger partial charge in [-0.15, -0.1) is 0 Å². The number of fused-ring (bicyclic) bond motifs is 1. The molecular weight excluding hydrogens is 242 g/mol. The molecule has 18 heavy (non-hydrogen) atoms. The predicted molar refractivity (Wildman–Crippen MR) is 75.6 cm³/mol. The van der Waals surface area contributed by atoms with Gasteiger partial charge in [0.2, 0.25) is 0 Å². The smallest absolute Gasteiger partial charge is 0.182 e. The summed E-state index contributed by atoms with van der Waals surface area (Å²) in [5.41, 5.74) is 3.27. The molecule has 0 spiro atoms. The van der Waals surface area contributed by atoms with Crippen LogP contribution in [0, 0.1) is 4.77 Å². The van der Waals surface area contributed by atoms with Crippen molar-refractivity contribution in [3.8, 4) is 5.69 Å². The van der Waals surface area contributed by atoms with Crippen molar-refractivity contribution < 1.29 is 0 Å². The highest BCUT2D eigenvalue weighted by atomic mass is 32.1. The molecule has 1 N–H and O–H groups in total. The van der Waals surface area contributed by atoms with E-state index in [1.165, 1.54) is 5.69 Å². The number of imidazole rings is 1. The summed E-state index contributed by atoms with van der Waals surface area (Å²) in [5, 5.41) is 1.13. The average Bonchev–Trinajstić information content (AvgIpc) is 2.79. The summed E-state index contributed by atoms with van der Waals surface area (Å²) in [6.45, 7) is 2.12. The Balaban J connectivity index is 2.25. The Kier molecular flexibility index (Phi) is 2.72. The summed E-state index contributed by atoms with van der Waals surface area (Å²) in [4.78, 5) is 7.42. The van der Waals surface area contributed by atoms with Gasteiger partial charge in [0.15, 0.2) is 4.77 Å². The van der Waals surface area contributed by atoms with Gasteiger partial charge in [0, 0.05) is 29.2 Å². The number of H-pyrrole nitrogens is 1. The Morgan fingerprint density at radius 1 is 1.33 bits per heavy atom. The van der Waals surface area contributed by atoms with E-state index >= 15 is 0 Å². The number of aromatic amines is 1. The maximum atomic E-state index is 5.34. The van der Waals surface area contributed by atoms with Gasteiger partial charge in [-0.3, -0.25) is 9.55 Å². The van der Waals surface area contributed by atoms with Crippen LogP contribution in [-0.4, -0.2) is 14.5 Å². The summed E-state index contributed by atoms with van der Waals surface area (Å²) in [6.07, 6.45) is 4.72. The first-order valence-electron chi connectivity index (χ1n) is 5.94. The van der Waals surface area contributed by atoms with Crippen LogP contribution in [0.25, 0.3) is 16.6 Å². The van der Waals surface area contributed by atoms with E-state index < -0.39 is 0 Å². The minimum Gasteiger partial charge on any atom is -0.337 e. The fourth-order valence-corrected chi connectivity index (χ4v) is 2.43. The maximum absolute atomic E-state index is 5.34. The quantitative estimate of drug-likeness (QED) is 0.709. The number of pyridine rings is 1. The van der Waals surface area contributed by atoms with Crippen LogP contribution in [0.5, 0.6) is 0 Å². The molecule has 3 rings (SSSR count). The first kappa shape index (κ1) is 11.2. The van der Waals surface area contributed by atoms with Crippen LogP contribution in [0.2, 0.25) is 0 Å². The number of nitrogens with one attached hydrogen (secondary N) is 1. The third-order valence-electron chi connectivity index (χ3n) is 3.06. The zero-order valence-corrected chi connectivity index (χ0v) is 10.9. The number of aryl methyl sites for hydroxylation is 1. The van der Waals surface area contributed by atoms with E-state index in [2.05, 4.69) is 39.7 Å². The van der Waals surface area contributed by atoms with E-state index in [0.29, 0.717) is 0 Å². The summed E-state index contributed by atoms with van der Waals surface area (Å²) in [5.74, 6) is 0. The van der Waals surface area contributed by atoms with Gasteiger partial charge < -0.3 is 4.98 Å². The molecular formula is C14H13N3S. The minimum atomic E-state index is 0.732. The molecule has 0 saturated heterocycles. The fourth-order valence-electron chi connectivity index (χ4n) is 2.15. The molecule has 0 saturated carbocycles. The van der Waals surface area contributed by atoms with E-state index in [0.717, 1.165) is 27.8 Å². The molecule has 0 atom stereocenters. The third kappa shape index (κ3) is 1.75. The second-order valence-electron chi connectivity index (χ2n) is 4.15. The lowest BCUT2D eigenvalue weighted by atomic mass is 10.2. The number of hydrogen-bond acceptors (Lipinski definition) is 2. The van der Waals surface area contributed by atoms with Gasteiger partial charge in [-0.1, -0.05) is 13.0 Å². The highest BCUT2D eigenvalue weighted by molar-refractivity contribution is 7.71. The van der Waals surface area contributed by atoms with Crippen molar-refractivity contribution >= 4 is 23.1 Å². The number of rotatable bonds is 2. The van der Waals surface area contributed by atoms with Crippen molar-refractivity contribution in [2.75, 3.05) is 0 Å². The van der Waals surface area contributed by atoms with Crippen LogP contribution >= 0.6 is 12.2 Å². The van der Waals surface area contributed by atoms with Crippen molar-refractivity contribution in [1.82, 2.24) is 14.5 Å². The molecule has 0 aliphatic rings. The van der Waals surface area contributed by atoms with Gasteiger partial charge in [-0.05, 0) is 42.9 Å². The van der Waals surface area contributed by atoms with Gasteiger partial charge in [0.25, 0.3) is 0 Å². The van der Waals surface area contributed by atoms with Crippen molar-refractivity contribution in [3.05, 3.63) is 53.2 Å². The zero-order chi connectivity index (χ0) is 12.5. The van der Waals surface area contributed by atoms with E-state index in [1.807, 2.05) is 18.3 Å². The predicted octanol–water partition coefficient (Wildman–Crippen LogP) is 3.65. The van der Waals surface area contributed by atoms with Crippen molar-refractivity contribution in [2.24, 2.45) is 0 Å². The van der Waals surface area contributed by atoms with Gasteiger partial charge in [0.1, 0.15) is 0 Å². The van der Waals surface area contributed by atoms with Gasteiger partial charge >= 0.3 is 0 Å². The highest BCUT2D eigenvalue weighted by Crippen LogP contribution is 2.19. The molecule has 0 unspecified atom stereocenters. The van der Waals surface area contributed by atoms with Crippen molar-refractivity contribution in [3.63, 3.8) is 0 Å². The normalized spacial score (nSPS) is 10.9. The molecule has 0 aliphatic heterocycles. The Morgan fingerprint density at radius 2 is 2.22 bits per heavy atom. The Morgan fingerprint density at radius 3 is 3.06 bits per heavy atom. The lowest BCUT2D eigenvalue weighted by Gasteiger charge is -2.07. The molecule has 3 aromatic rings. The van der Waals surface area contributed by atoms with Crippen molar-refractivity contribution in [1.29, 1.82) is 0 Å². The van der Waals surface area contributed by atoms with Crippen LogP contribution in [0.15, 0.2) is 42.7 Å². The molecule has 2 aromatic heterocycles. The molecule has 4 heteroatoms. The molecule has 2 heterocycles. The summed E-state index contributed by atoms with van der Waals surface area (Å²) in [6, 6.07) is 10.2. The zero-order valence-electron chi connectivity index (χ0n) is 10.1. The largest absolute Gasteiger partial charge is 0.337 e. The lowest BCUT2D eigenvalue weighted by Crippen LogP contribution is -1.99. The van der Waals surface area contributed by atoms with E-state index in [4.69, 9.17) is 12.2 Å². The average molecular weight is 255 g/mol. The van der Waals surface area contributed by atoms with Crippen molar-refractivity contribution in [2.45, 2.75) is 13.3 Å². The van der Waals surface area contributed by atoms with E-state index in [9.17, 15) is 0 Å². The second kappa shape index (κ2) is 4.38. The standard InChI is InChI=1S/C14H13N3S/c1-2-11-9-16-14(18)17(11)12-5-6-13-10(8-12)4-3-7-15-13/h3-9H,2H2,1H3,(H,16,18). The second-order valence-corrected chi connectivity index (χ2v) is 4.54. The molecule has 90 valence electrons. The first-order valence-corrected chi connectivity index (χ1v) is 6.35. The number of nitrogens with zero attached hydrogens (tertiary/aromatic N) is 2.